The molecule has 0 aliphatic carbocycles. The molecule has 1 saturated heterocycles. The summed E-state index contributed by atoms with van der Waals surface area (Å²) in [6.45, 7) is 3.11. The maximum Gasteiger partial charge on any atom is 0.243 e. The van der Waals surface area contributed by atoms with Gasteiger partial charge in [-0.05, 0) is 49.1 Å². The van der Waals surface area contributed by atoms with Gasteiger partial charge in [0.1, 0.15) is 0 Å². The first-order valence-corrected chi connectivity index (χ1v) is 10.4. The second-order valence-corrected chi connectivity index (χ2v) is 8.59. The first-order chi connectivity index (χ1) is 12.5. The van der Waals surface area contributed by atoms with E-state index in [1.54, 1.807) is 28.6 Å². The highest BCUT2D eigenvalue weighted by molar-refractivity contribution is 7.89. The zero-order valence-electron chi connectivity index (χ0n) is 14.9. The molecule has 0 spiro atoms. The number of piperidine rings is 1. The molecule has 1 N–H and O–H groups in total. The molecule has 6 heteroatoms. The Hall–Kier alpha value is -2.18. The van der Waals surface area contributed by atoms with Crippen LogP contribution in [0.25, 0.3) is 0 Å². The molecule has 2 aromatic carbocycles. The molecule has 1 aliphatic rings. The summed E-state index contributed by atoms with van der Waals surface area (Å²) in [7, 11) is -3.43. The van der Waals surface area contributed by atoms with Gasteiger partial charge in [0, 0.05) is 18.8 Å². The molecule has 1 heterocycles. The lowest BCUT2D eigenvalue weighted by Gasteiger charge is -2.25. The van der Waals surface area contributed by atoms with Crippen molar-refractivity contribution in [3.63, 3.8) is 0 Å². The van der Waals surface area contributed by atoms with Crippen molar-refractivity contribution in [2.45, 2.75) is 37.5 Å². The SMILES string of the molecule is Cc1ccccc1NC(=O)Cc1ccc(S(=O)(=O)N2CCCCC2)cc1. The highest BCUT2D eigenvalue weighted by Gasteiger charge is 2.25. The molecule has 0 unspecified atom stereocenters. The minimum atomic E-state index is -3.43. The Morgan fingerprint density at radius 2 is 1.65 bits per heavy atom. The summed E-state index contributed by atoms with van der Waals surface area (Å²) in [5.41, 5.74) is 2.58. The molecular formula is C20H24N2O3S. The maximum atomic E-state index is 12.6. The van der Waals surface area contributed by atoms with Gasteiger partial charge in [0.15, 0.2) is 0 Å². The van der Waals surface area contributed by atoms with E-state index in [9.17, 15) is 13.2 Å². The van der Waals surface area contributed by atoms with Gasteiger partial charge < -0.3 is 5.32 Å². The number of nitrogens with one attached hydrogen (secondary N) is 1. The summed E-state index contributed by atoms with van der Waals surface area (Å²) < 4.78 is 26.8. The Balaban J connectivity index is 1.66. The molecule has 0 radical (unpaired) electrons. The molecule has 0 atom stereocenters. The van der Waals surface area contributed by atoms with E-state index in [4.69, 9.17) is 0 Å². The van der Waals surface area contributed by atoms with Crippen LogP contribution in [-0.2, 0) is 21.2 Å². The average Bonchev–Trinajstić information content (AvgIpc) is 2.65. The monoisotopic (exact) mass is 372 g/mol. The van der Waals surface area contributed by atoms with Crippen LogP contribution in [0.4, 0.5) is 5.69 Å². The van der Waals surface area contributed by atoms with Crippen LogP contribution < -0.4 is 5.32 Å². The number of para-hydroxylation sites is 1. The molecule has 3 rings (SSSR count). The normalized spacial score (nSPS) is 15.6. The lowest BCUT2D eigenvalue weighted by molar-refractivity contribution is -0.115. The Labute approximate surface area is 155 Å². The summed E-state index contributed by atoms with van der Waals surface area (Å²) in [6, 6.07) is 14.2. The van der Waals surface area contributed by atoms with Gasteiger partial charge in [0.05, 0.1) is 11.3 Å². The van der Waals surface area contributed by atoms with Crippen molar-refractivity contribution in [2.75, 3.05) is 18.4 Å². The molecule has 1 amide bonds. The lowest BCUT2D eigenvalue weighted by atomic mass is 10.1. The summed E-state index contributed by atoms with van der Waals surface area (Å²) in [6.07, 6.45) is 3.12. The zero-order chi connectivity index (χ0) is 18.6. The van der Waals surface area contributed by atoms with Crippen LogP contribution in [0.15, 0.2) is 53.4 Å². The summed E-state index contributed by atoms with van der Waals surface area (Å²) in [4.78, 5) is 12.5. The van der Waals surface area contributed by atoms with Gasteiger partial charge in [0.2, 0.25) is 15.9 Å². The molecule has 138 valence electrons. The summed E-state index contributed by atoms with van der Waals surface area (Å²) in [5, 5.41) is 2.89. The lowest BCUT2D eigenvalue weighted by Crippen LogP contribution is -2.35. The predicted octanol–water partition coefficient (Wildman–Crippen LogP) is 3.35. The number of hydrogen-bond acceptors (Lipinski definition) is 3. The smallest absolute Gasteiger partial charge is 0.243 e. The van der Waals surface area contributed by atoms with Crippen molar-refractivity contribution in [1.82, 2.24) is 4.31 Å². The number of anilines is 1. The fourth-order valence-corrected chi connectivity index (χ4v) is 4.64. The van der Waals surface area contributed by atoms with Gasteiger partial charge >= 0.3 is 0 Å². The molecule has 0 aromatic heterocycles. The van der Waals surface area contributed by atoms with Crippen molar-refractivity contribution >= 4 is 21.6 Å². The Morgan fingerprint density at radius 1 is 1.00 bits per heavy atom. The van der Waals surface area contributed by atoms with E-state index >= 15 is 0 Å². The van der Waals surface area contributed by atoms with Crippen molar-refractivity contribution in [2.24, 2.45) is 0 Å². The van der Waals surface area contributed by atoms with E-state index in [1.165, 1.54) is 0 Å². The van der Waals surface area contributed by atoms with Gasteiger partial charge in [0.25, 0.3) is 0 Å². The Morgan fingerprint density at radius 3 is 2.31 bits per heavy atom. The number of sulfonamides is 1. The highest BCUT2D eigenvalue weighted by atomic mass is 32.2. The summed E-state index contributed by atoms with van der Waals surface area (Å²) >= 11 is 0. The number of carbonyl (C=O) groups excluding carboxylic acids is 1. The van der Waals surface area contributed by atoms with Crippen LogP contribution in [-0.4, -0.2) is 31.7 Å². The van der Waals surface area contributed by atoms with E-state index in [2.05, 4.69) is 5.32 Å². The van der Waals surface area contributed by atoms with E-state index in [0.29, 0.717) is 18.0 Å². The molecule has 0 bridgehead atoms. The molecule has 2 aromatic rings. The van der Waals surface area contributed by atoms with Crippen LogP contribution in [0, 0.1) is 6.92 Å². The highest BCUT2D eigenvalue weighted by Crippen LogP contribution is 2.21. The standard InChI is InChI=1S/C20H24N2O3S/c1-16-7-3-4-8-19(16)21-20(23)15-17-9-11-18(12-10-17)26(24,25)22-13-5-2-6-14-22/h3-4,7-12H,2,5-6,13-15H2,1H3,(H,21,23). The van der Waals surface area contributed by atoms with Crippen molar-refractivity contribution in [3.05, 3.63) is 59.7 Å². The number of benzene rings is 2. The molecule has 26 heavy (non-hydrogen) atoms. The number of nitrogens with zero attached hydrogens (tertiary/aromatic N) is 1. The maximum absolute atomic E-state index is 12.6. The quantitative estimate of drug-likeness (QED) is 0.875. The van der Waals surface area contributed by atoms with Crippen LogP contribution in [0.5, 0.6) is 0 Å². The fraction of sp³-hybridized carbons (Fsp3) is 0.350. The second-order valence-electron chi connectivity index (χ2n) is 6.65. The molecule has 0 saturated carbocycles. The van der Waals surface area contributed by atoms with Crippen molar-refractivity contribution < 1.29 is 13.2 Å². The third-order valence-electron chi connectivity index (χ3n) is 4.66. The average molecular weight is 372 g/mol. The third kappa shape index (κ3) is 4.31. The first-order valence-electron chi connectivity index (χ1n) is 8.91. The Bertz CT molecular complexity index is 870. The molecular weight excluding hydrogens is 348 g/mol. The minimum Gasteiger partial charge on any atom is -0.326 e. The van der Waals surface area contributed by atoms with E-state index in [1.807, 2.05) is 31.2 Å². The zero-order valence-corrected chi connectivity index (χ0v) is 15.8. The van der Waals surface area contributed by atoms with Gasteiger partial charge in [-0.3, -0.25) is 4.79 Å². The summed E-state index contributed by atoms with van der Waals surface area (Å²) in [5.74, 6) is -0.120. The third-order valence-corrected chi connectivity index (χ3v) is 6.57. The van der Waals surface area contributed by atoms with Gasteiger partial charge in [-0.25, -0.2) is 8.42 Å². The molecule has 1 fully saturated rings. The van der Waals surface area contributed by atoms with E-state index < -0.39 is 10.0 Å². The Kier molecular flexibility index (Phi) is 5.74. The molecule has 1 aliphatic heterocycles. The number of aryl methyl sites for hydroxylation is 1. The van der Waals surface area contributed by atoms with Crippen LogP contribution in [0.3, 0.4) is 0 Å². The van der Waals surface area contributed by atoms with Gasteiger partial charge in [-0.2, -0.15) is 4.31 Å². The van der Waals surface area contributed by atoms with Crippen LogP contribution >= 0.6 is 0 Å². The number of carbonyl (C=O) groups is 1. The van der Waals surface area contributed by atoms with Crippen molar-refractivity contribution in [1.29, 1.82) is 0 Å². The number of hydrogen-bond donors (Lipinski definition) is 1. The molecule has 5 nitrogen and oxygen atoms in total. The van der Waals surface area contributed by atoms with Gasteiger partial charge in [-0.15, -0.1) is 0 Å². The second kappa shape index (κ2) is 8.01. The fourth-order valence-electron chi connectivity index (χ4n) is 3.13. The van der Waals surface area contributed by atoms with Crippen molar-refractivity contribution in [3.8, 4) is 0 Å². The first kappa shape index (κ1) is 18.6. The topological polar surface area (TPSA) is 66.5 Å². The van der Waals surface area contributed by atoms with Crippen LogP contribution in [0.1, 0.15) is 30.4 Å². The van der Waals surface area contributed by atoms with E-state index in [-0.39, 0.29) is 12.3 Å². The van der Waals surface area contributed by atoms with Crippen LogP contribution in [0.2, 0.25) is 0 Å². The van der Waals surface area contributed by atoms with Gasteiger partial charge in [-0.1, -0.05) is 36.8 Å². The number of amides is 1. The number of rotatable bonds is 5. The largest absolute Gasteiger partial charge is 0.326 e. The minimum absolute atomic E-state index is 0.120. The predicted molar refractivity (Wildman–Crippen MR) is 103 cm³/mol. The van der Waals surface area contributed by atoms with E-state index in [0.717, 1.165) is 36.1 Å².